The van der Waals surface area contributed by atoms with Gasteiger partial charge in [0.05, 0.1) is 28.3 Å². The number of hydrogen-bond acceptors (Lipinski definition) is 6. The number of carbonyl (C=O) groups is 3. The number of nitro benzene ring substituents is 1. The highest BCUT2D eigenvalue weighted by Gasteiger charge is 2.38. The van der Waals surface area contributed by atoms with Crippen LogP contribution in [0.25, 0.3) is 0 Å². The molecule has 1 amide bonds. The first kappa shape index (κ1) is 15.6. The number of carbonyl (C=O) groups excluding carboxylic acids is 3. The summed E-state index contributed by atoms with van der Waals surface area (Å²) in [4.78, 5) is 47.7. The summed E-state index contributed by atoms with van der Waals surface area (Å²) in [6.07, 6.45) is 0. The first-order valence-corrected chi connectivity index (χ1v) is 7.04. The Bertz CT molecular complexity index is 911. The molecule has 0 bridgehead atoms. The van der Waals surface area contributed by atoms with Crippen molar-refractivity contribution in [2.75, 3.05) is 11.4 Å². The van der Waals surface area contributed by atoms with Gasteiger partial charge in [0.1, 0.15) is 11.5 Å². The van der Waals surface area contributed by atoms with Gasteiger partial charge in [-0.25, -0.2) is 0 Å². The lowest BCUT2D eigenvalue weighted by Gasteiger charge is -2.15. The zero-order chi connectivity index (χ0) is 17.6. The predicted octanol–water partition coefficient (Wildman–Crippen LogP) is 2.22. The smallest absolute Gasteiger partial charge is 0.299 e. The lowest BCUT2D eigenvalue weighted by Crippen LogP contribution is -2.34. The van der Waals surface area contributed by atoms with Crippen LogP contribution in [0.15, 0.2) is 28.7 Å². The highest BCUT2D eigenvalue weighted by atomic mass is 16.6. The summed E-state index contributed by atoms with van der Waals surface area (Å²) in [5.74, 6) is -1.12. The maximum atomic E-state index is 12.4. The molecule has 1 aliphatic rings. The van der Waals surface area contributed by atoms with E-state index in [0.717, 1.165) is 11.0 Å². The van der Waals surface area contributed by atoms with Crippen molar-refractivity contribution in [1.29, 1.82) is 0 Å². The van der Waals surface area contributed by atoms with Gasteiger partial charge in [-0.3, -0.25) is 29.4 Å². The average Bonchev–Trinajstić information content (AvgIpc) is 2.99. The molecule has 122 valence electrons. The van der Waals surface area contributed by atoms with Gasteiger partial charge in [0.15, 0.2) is 5.78 Å². The molecule has 8 heteroatoms. The lowest BCUT2D eigenvalue weighted by molar-refractivity contribution is -0.384. The molecule has 0 saturated carbocycles. The maximum Gasteiger partial charge on any atom is 0.299 e. The van der Waals surface area contributed by atoms with Crippen molar-refractivity contribution in [3.63, 3.8) is 0 Å². The van der Waals surface area contributed by atoms with Crippen LogP contribution in [0.4, 0.5) is 11.4 Å². The number of nitro groups is 1. The third-order valence-electron chi connectivity index (χ3n) is 3.81. The number of anilines is 1. The van der Waals surface area contributed by atoms with Crippen molar-refractivity contribution >= 4 is 28.8 Å². The van der Waals surface area contributed by atoms with Crippen LogP contribution in [-0.4, -0.2) is 28.9 Å². The Kier molecular flexibility index (Phi) is 3.52. The van der Waals surface area contributed by atoms with Crippen LogP contribution in [0, 0.1) is 24.0 Å². The molecule has 0 N–H and O–H groups in total. The van der Waals surface area contributed by atoms with Gasteiger partial charge in [0.2, 0.25) is 0 Å². The van der Waals surface area contributed by atoms with E-state index in [1.54, 1.807) is 19.9 Å². The molecule has 8 nitrogen and oxygen atoms in total. The van der Waals surface area contributed by atoms with E-state index in [9.17, 15) is 24.5 Å². The molecule has 0 fully saturated rings. The van der Waals surface area contributed by atoms with Gasteiger partial charge in [-0.15, -0.1) is 0 Å². The van der Waals surface area contributed by atoms with Gasteiger partial charge in [-0.2, -0.15) is 0 Å². The fraction of sp³-hybridized carbons (Fsp3) is 0.188. The standard InChI is InChI=1S/C16H12N2O6/c1-8-5-11(9(2)24-8)14(19)7-17-13-4-3-10(18(22)23)6-12(13)15(20)16(17)21/h3-6H,7H2,1-2H3. The second-order valence-corrected chi connectivity index (χ2v) is 5.43. The highest BCUT2D eigenvalue weighted by Crippen LogP contribution is 2.32. The molecule has 0 aliphatic carbocycles. The fourth-order valence-corrected chi connectivity index (χ4v) is 2.70. The molecule has 2 heterocycles. The molecule has 24 heavy (non-hydrogen) atoms. The number of nitrogens with zero attached hydrogens (tertiary/aromatic N) is 2. The normalized spacial score (nSPS) is 13.3. The van der Waals surface area contributed by atoms with E-state index in [2.05, 4.69) is 0 Å². The SMILES string of the molecule is Cc1cc(C(=O)CN2C(=O)C(=O)c3cc([N+](=O)[O-])ccc32)c(C)o1. The van der Waals surface area contributed by atoms with E-state index in [-0.39, 0.29) is 29.3 Å². The van der Waals surface area contributed by atoms with Crippen molar-refractivity contribution in [2.24, 2.45) is 0 Å². The zero-order valence-electron chi connectivity index (χ0n) is 12.9. The quantitative estimate of drug-likeness (QED) is 0.368. The topological polar surface area (TPSA) is 111 Å². The van der Waals surface area contributed by atoms with Crippen molar-refractivity contribution in [3.05, 3.63) is 57.0 Å². The van der Waals surface area contributed by atoms with E-state index in [4.69, 9.17) is 4.42 Å². The van der Waals surface area contributed by atoms with Crippen molar-refractivity contribution in [1.82, 2.24) is 0 Å². The minimum absolute atomic E-state index is 0.0675. The summed E-state index contributed by atoms with van der Waals surface area (Å²) in [5, 5.41) is 10.8. The molecular formula is C16H12N2O6. The van der Waals surface area contributed by atoms with Gasteiger partial charge in [-0.05, 0) is 26.0 Å². The number of hydrogen-bond donors (Lipinski definition) is 0. The number of aryl methyl sites for hydroxylation is 2. The Hall–Kier alpha value is -3.29. The molecule has 3 rings (SSSR count). The van der Waals surface area contributed by atoms with Crippen LogP contribution < -0.4 is 4.90 Å². The third-order valence-corrected chi connectivity index (χ3v) is 3.81. The number of Topliss-reactive ketones (excluding diaryl/α,β-unsaturated/α-hetero) is 2. The van der Waals surface area contributed by atoms with Gasteiger partial charge in [0.25, 0.3) is 17.4 Å². The van der Waals surface area contributed by atoms with Crippen LogP contribution in [0.2, 0.25) is 0 Å². The van der Waals surface area contributed by atoms with Crippen molar-refractivity contribution < 1.29 is 23.7 Å². The molecule has 1 aromatic carbocycles. The highest BCUT2D eigenvalue weighted by molar-refractivity contribution is 6.52. The molecule has 1 aliphatic heterocycles. The lowest BCUT2D eigenvalue weighted by atomic mass is 10.1. The first-order chi connectivity index (χ1) is 11.3. The number of amides is 1. The Morgan fingerprint density at radius 3 is 2.54 bits per heavy atom. The number of non-ortho nitro benzene ring substituents is 1. The van der Waals surface area contributed by atoms with Crippen molar-refractivity contribution in [3.8, 4) is 0 Å². The van der Waals surface area contributed by atoms with Gasteiger partial charge >= 0.3 is 0 Å². The molecular weight excluding hydrogens is 316 g/mol. The van der Waals surface area contributed by atoms with E-state index >= 15 is 0 Å². The summed E-state index contributed by atoms with van der Waals surface area (Å²) in [6.45, 7) is 2.99. The monoisotopic (exact) mass is 328 g/mol. The number of furan rings is 1. The fourth-order valence-electron chi connectivity index (χ4n) is 2.70. The molecule has 0 atom stereocenters. The second kappa shape index (κ2) is 5.41. The molecule has 1 aromatic heterocycles. The van der Waals surface area contributed by atoms with Crippen LogP contribution in [0.3, 0.4) is 0 Å². The average molecular weight is 328 g/mol. The molecule has 0 radical (unpaired) electrons. The molecule has 2 aromatic rings. The Balaban J connectivity index is 1.95. The predicted molar refractivity (Wildman–Crippen MR) is 82.3 cm³/mol. The number of fused-ring (bicyclic) bond motifs is 1. The molecule has 0 spiro atoms. The second-order valence-electron chi connectivity index (χ2n) is 5.43. The zero-order valence-corrected chi connectivity index (χ0v) is 12.9. The van der Waals surface area contributed by atoms with Crippen LogP contribution in [0.5, 0.6) is 0 Å². The third kappa shape index (κ3) is 2.37. The van der Waals surface area contributed by atoms with Crippen LogP contribution >= 0.6 is 0 Å². The summed E-state index contributed by atoms with van der Waals surface area (Å²) in [7, 11) is 0. The summed E-state index contributed by atoms with van der Waals surface area (Å²) >= 11 is 0. The van der Waals surface area contributed by atoms with Gasteiger partial charge in [-0.1, -0.05) is 0 Å². The molecule has 0 unspecified atom stereocenters. The van der Waals surface area contributed by atoms with Crippen LogP contribution in [-0.2, 0) is 4.79 Å². The Morgan fingerprint density at radius 2 is 1.96 bits per heavy atom. The largest absolute Gasteiger partial charge is 0.466 e. The summed E-state index contributed by atoms with van der Waals surface area (Å²) in [5.41, 5.74) is 0.177. The van der Waals surface area contributed by atoms with E-state index in [1.165, 1.54) is 12.1 Å². The number of ketones is 2. The molecule has 0 saturated heterocycles. The Labute approximate surface area is 135 Å². The maximum absolute atomic E-state index is 12.4. The number of benzene rings is 1. The van der Waals surface area contributed by atoms with Gasteiger partial charge < -0.3 is 4.42 Å². The van der Waals surface area contributed by atoms with Crippen LogP contribution in [0.1, 0.15) is 32.2 Å². The van der Waals surface area contributed by atoms with E-state index in [0.29, 0.717) is 17.1 Å². The van der Waals surface area contributed by atoms with E-state index < -0.39 is 16.6 Å². The number of rotatable bonds is 4. The first-order valence-electron chi connectivity index (χ1n) is 7.04. The Morgan fingerprint density at radius 1 is 1.25 bits per heavy atom. The van der Waals surface area contributed by atoms with Crippen molar-refractivity contribution in [2.45, 2.75) is 13.8 Å². The summed E-state index contributed by atoms with van der Waals surface area (Å²) < 4.78 is 5.29. The summed E-state index contributed by atoms with van der Waals surface area (Å²) in [6, 6.07) is 5.11. The minimum Gasteiger partial charge on any atom is -0.466 e. The van der Waals surface area contributed by atoms with Gasteiger partial charge in [0, 0.05) is 12.1 Å². The van der Waals surface area contributed by atoms with E-state index in [1.807, 2.05) is 0 Å². The minimum atomic E-state index is -0.878.